The van der Waals surface area contributed by atoms with Gasteiger partial charge in [-0.15, -0.1) is 0 Å². The summed E-state index contributed by atoms with van der Waals surface area (Å²) in [5, 5.41) is 6.69. The largest absolute Gasteiger partial charge is 0.469 e. The molecule has 0 bridgehead atoms. The summed E-state index contributed by atoms with van der Waals surface area (Å²) >= 11 is 0. The molecule has 0 aliphatic heterocycles. The van der Waals surface area contributed by atoms with E-state index in [2.05, 4.69) is 4.74 Å². The number of carbonyl (C=O) groups excluding carboxylic acids is 7. The van der Waals surface area contributed by atoms with E-state index in [0.717, 1.165) is 14.0 Å². The highest BCUT2D eigenvalue weighted by Crippen LogP contribution is 2.41. The Morgan fingerprint density at radius 2 is 1.31 bits per heavy atom. The molecule has 3 atom stereocenters. The van der Waals surface area contributed by atoms with Gasteiger partial charge in [0.2, 0.25) is 17.7 Å². The maximum Gasteiger partial charge on any atom is 0.407 e. The van der Waals surface area contributed by atoms with Crippen LogP contribution in [0.4, 0.5) is 31.1 Å². The van der Waals surface area contributed by atoms with Crippen LogP contribution in [0.3, 0.4) is 0 Å². The third kappa shape index (κ3) is 14.0. The third-order valence-corrected chi connectivity index (χ3v) is 6.65. The molecule has 3 unspecified atom stereocenters. The van der Waals surface area contributed by atoms with Crippen LogP contribution in [-0.4, -0.2) is 92.3 Å². The maximum absolute atomic E-state index is 13.7. The van der Waals surface area contributed by atoms with E-state index in [1.165, 1.54) is 29.6 Å². The third-order valence-electron chi connectivity index (χ3n) is 6.65. The second-order valence-corrected chi connectivity index (χ2v) is 10.5. The number of ether oxygens (including phenoxy) is 3. The van der Waals surface area contributed by atoms with Crippen molar-refractivity contribution < 1.29 is 74.1 Å². The number of alkyl halides is 6. The van der Waals surface area contributed by atoms with Gasteiger partial charge < -0.3 is 35.5 Å². The summed E-state index contributed by atoms with van der Waals surface area (Å²) in [4.78, 5) is 86.8. The van der Waals surface area contributed by atoms with Gasteiger partial charge in [0.25, 0.3) is 0 Å². The minimum Gasteiger partial charge on any atom is -0.469 e. The number of nitrogens with one attached hydrogen (secondary N) is 4. The first-order valence-corrected chi connectivity index (χ1v) is 14.6. The van der Waals surface area contributed by atoms with Crippen LogP contribution in [0, 0.1) is 5.92 Å². The monoisotopic (exact) mass is 734 g/mol. The molecule has 0 aliphatic rings. The van der Waals surface area contributed by atoms with Crippen molar-refractivity contribution >= 4 is 41.5 Å². The molecule has 0 aromatic heterocycles. The quantitative estimate of drug-likeness (QED) is 0.113. The molecule has 0 aliphatic carbocycles. The Balaban J connectivity index is 2.15. The standard InChI is InChI=1S/C31H32F6N4O10/c1-17(26(45)40-20(13-23(44)49-2)21(42)16-50-28(47)19-11-7-4-8-12-19)39-27(46)24(25(30(32,33)34)31(35,36)37)41-22(43)14-38-29(48)51-15-18-9-5-3-6-10-18/h3-12,17,20,24-25H,13-16H2,1-2H3,(H,38,48)(H,39,46)(H,40,45)(H,41,43). The molecule has 20 heteroatoms. The van der Waals surface area contributed by atoms with E-state index in [4.69, 9.17) is 9.47 Å². The van der Waals surface area contributed by atoms with Gasteiger partial charge in [-0.3, -0.25) is 24.0 Å². The number of esters is 2. The number of hydrogen-bond donors (Lipinski definition) is 4. The molecule has 2 aromatic rings. The molecular formula is C31H32F6N4O10. The van der Waals surface area contributed by atoms with Crippen LogP contribution in [0.2, 0.25) is 0 Å². The SMILES string of the molecule is COC(=O)CC(NC(=O)C(C)NC(=O)C(NC(=O)CNC(=O)OCc1ccccc1)C(C(F)(F)F)C(F)(F)F)C(=O)COC(=O)c1ccccc1. The summed E-state index contributed by atoms with van der Waals surface area (Å²) in [6, 6.07) is 8.15. The van der Waals surface area contributed by atoms with Crippen LogP contribution in [0.1, 0.15) is 29.3 Å². The average Bonchev–Trinajstić information content (AvgIpc) is 3.07. The number of halogens is 6. The Morgan fingerprint density at radius 1 is 0.745 bits per heavy atom. The number of methoxy groups -OCH3 is 1. The number of alkyl carbamates (subject to hydrolysis) is 1. The zero-order valence-corrected chi connectivity index (χ0v) is 26.8. The second-order valence-electron chi connectivity index (χ2n) is 10.5. The van der Waals surface area contributed by atoms with Crippen LogP contribution in [0.5, 0.6) is 0 Å². The van der Waals surface area contributed by atoms with Gasteiger partial charge in [0, 0.05) is 0 Å². The molecule has 4 amide bonds. The maximum atomic E-state index is 13.7. The summed E-state index contributed by atoms with van der Waals surface area (Å²) in [5.74, 6) is -12.8. The van der Waals surface area contributed by atoms with Gasteiger partial charge in [-0.05, 0) is 24.6 Å². The van der Waals surface area contributed by atoms with Crippen LogP contribution in [-0.2, 0) is 44.8 Å². The lowest BCUT2D eigenvalue weighted by molar-refractivity contribution is -0.289. The summed E-state index contributed by atoms with van der Waals surface area (Å²) in [6.07, 6.45) is -14.4. The normalized spacial score (nSPS) is 13.1. The fraction of sp³-hybridized carbons (Fsp3) is 0.387. The lowest BCUT2D eigenvalue weighted by atomic mass is 9.96. The van der Waals surface area contributed by atoms with Crippen molar-refractivity contribution in [2.45, 2.75) is 50.4 Å². The van der Waals surface area contributed by atoms with Gasteiger partial charge in [-0.25, -0.2) is 9.59 Å². The van der Waals surface area contributed by atoms with Crippen LogP contribution < -0.4 is 21.3 Å². The minimum atomic E-state index is -6.16. The van der Waals surface area contributed by atoms with Crippen molar-refractivity contribution in [2.75, 3.05) is 20.3 Å². The Labute approximate surface area is 285 Å². The number of ketones is 1. The van der Waals surface area contributed by atoms with Crippen LogP contribution in [0.15, 0.2) is 60.7 Å². The lowest BCUT2D eigenvalue weighted by Gasteiger charge is -2.31. The number of amides is 4. The molecular weight excluding hydrogens is 702 g/mol. The van der Waals surface area contributed by atoms with Crippen molar-refractivity contribution in [1.29, 1.82) is 0 Å². The molecule has 0 radical (unpaired) electrons. The van der Waals surface area contributed by atoms with E-state index in [9.17, 15) is 59.9 Å². The van der Waals surface area contributed by atoms with Gasteiger partial charge in [0.1, 0.15) is 31.3 Å². The second kappa shape index (κ2) is 18.9. The van der Waals surface area contributed by atoms with Crippen molar-refractivity contribution in [3.8, 4) is 0 Å². The zero-order valence-electron chi connectivity index (χ0n) is 26.8. The number of rotatable bonds is 16. The van der Waals surface area contributed by atoms with Gasteiger partial charge in [0.15, 0.2) is 18.3 Å². The van der Waals surface area contributed by atoms with Gasteiger partial charge in [-0.1, -0.05) is 48.5 Å². The predicted molar refractivity (Wildman–Crippen MR) is 160 cm³/mol. The van der Waals surface area contributed by atoms with Crippen molar-refractivity contribution in [3.63, 3.8) is 0 Å². The lowest BCUT2D eigenvalue weighted by Crippen LogP contribution is -2.62. The summed E-state index contributed by atoms with van der Waals surface area (Å²) < 4.78 is 96.1. The molecule has 0 saturated carbocycles. The minimum absolute atomic E-state index is 0.0478. The first-order chi connectivity index (χ1) is 23.8. The van der Waals surface area contributed by atoms with Gasteiger partial charge in [-0.2, -0.15) is 26.3 Å². The van der Waals surface area contributed by atoms with E-state index >= 15 is 0 Å². The molecule has 14 nitrogen and oxygen atoms in total. The van der Waals surface area contributed by atoms with E-state index in [1.54, 1.807) is 41.7 Å². The molecule has 4 N–H and O–H groups in total. The number of hydrogen-bond acceptors (Lipinski definition) is 10. The zero-order chi connectivity index (χ0) is 38.4. The molecule has 51 heavy (non-hydrogen) atoms. The number of carbonyl (C=O) groups is 7. The van der Waals surface area contributed by atoms with Crippen molar-refractivity contribution in [1.82, 2.24) is 21.3 Å². The molecule has 2 rings (SSSR count). The molecule has 0 saturated heterocycles. The predicted octanol–water partition coefficient (Wildman–Crippen LogP) is 2.12. The Hall–Kier alpha value is -5.69. The van der Waals surface area contributed by atoms with E-state index in [1.807, 2.05) is 10.6 Å². The number of Topliss-reactive ketones (excluding diaryl/α,β-unsaturated/α-hetero) is 1. The molecule has 0 heterocycles. The van der Waals surface area contributed by atoms with E-state index in [-0.39, 0.29) is 12.2 Å². The fourth-order valence-corrected chi connectivity index (χ4v) is 4.07. The van der Waals surface area contributed by atoms with Crippen molar-refractivity contribution in [2.24, 2.45) is 5.92 Å². The van der Waals surface area contributed by atoms with E-state index < -0.39 is 97.5 Å². The molecule has 0 spiro atoms. The summed E-state index contributed by atoms with van der Waals surface area (Å²) in [7, 11) is 0.930. The Bertz CT molecular complexity index is 1530. The fourth-order valence-electron chi connectivity index (χ4n) is 4.07. The Morgan fingerprint density at radius 3 is 1.86 bits per heavy atom. The highest BCUT2D eigenvalue weighted by molar-refractivity contribution is 5.98. The first-order valence-electron chi connectivity index (χ1n) is 14.6. The van der Waals surface area contributed by atoms with Gasteiger partial charge in [0.05, 0.1) is 19.1 Å². The topological polar surface area (TPSA) is 195 Å². The van der Waals surface area contributed by atoms with Gasteiger partial charge >= 0.3 is 30.4 Å². The van der Waals surface area contributed by atoms with E-state index in [0.29, 0.717) is 5.56 Å². The molecule has 2 aromatic carbocycles. The average molecular weight is 735 g/mol. The number of benzene rings is 2. The Kier molecular flexibility index (Phi) is 15.4. The van der Waals surface area contributed by atoms with Crippen molar-refractivity contribution in [3.05, 3.63) is 71.8 Å². The van der Waals surface area contributed by atoms with Crippen LogP contribution >= 0.6 is 0 Å². The molecule has 0 fully saturated rings. The van der Waals surface area contributed by atoms with Crippen LogP contribution in [0.25, 0.3) is 0 Å². The summed E-state index contributed by atoms with van der Waals surface area (Å²) in [5.41, 5.74) is 0.560. The highest BCUT2D eigenvalue weighted by Gasteiger charge is 2.62. The molecule has 278 valence electrons. The first kappa shape index (κ1) is 41.5. The highest BCUT2D eigenvalue weighted by atomic mass is 19.4. The smallest absolute Gasteiger partial charge is 0.407 e. The summed E-state index contributed by atoms with van der Waals surface area (Å²) in [6.45, 7) is -1.70.